The van der Waals surface area contributed by atoms with E-state index >= 15 is 0 Å². The predicted molar refractivity (Wildman–Crippen MR) is 55.4 cm³/mol. The number of hydrogen-bond donors (Lipinski definition) is 1. The molecule has 2 unspecified atom stereocenters. The summed E-state index contributed by atoms with van der Waals surface area (Å²) >= 11 is 0. The molecular formula is C11H15N3. The lowest BCUT2D eigenvalue weighted by Crippen LogP contribution is -2.24. The third-order valence-electron chi connectivity index (χ3n) is 2.36. The summed E-state index contributed by atoms with van der Waals surface area (Å²) in [6.45, 7) is 2.02. The second-order valence-electron chi connectivity index (χ2n) is 3.20. The fraction of sp³-hybridized carbons (Fsp3) is 0.455. The summed E-state index contributed by atoms with van der Waals surface area (Å²) < 4.78 is 0. The highest BCUT2D eigenvalue weighted by atomic mass is 14.9. The van der Waals surface area contributed by atoms with E-state index in [1.165, 1.54) is 0 Å². The smallest absolute Gasteiger partial charge is 0.0675 e. The van der Waals surface area contributed by atoms with Gasteiger partial charge in [0.15, 0.2) is 0 Å². The highest BCUT2D eigenvalue weighted by molar-refractivity contribution is 5.17. The van der Waals surface area contributed by atoms with Crippen LogP contribution in [0.2, 0.25) is 0 Å². The van der Waals surface area contributed by atoms with Crippen molar-refractivity contribution in [2.45, 2.75) is 19.4 Å². The van der Waals surface area contributed by atoms with Crippen molar-refractivity contribution >= 4 is 0 Å². The van der Waals surface area contributed by atoms with Gasteiger partial charge in [0, 0.05) is 18.4 Å². The number of pyridine rings is 1. The van der Waals surface area contributed by atoms with Crippen LogP contribution >= 0.6 is 0 Å². The molecule has 0 fully saturated rings. The van der Waals surface area contributed by atoms with Gasteiger partial charge in [0.1, 0.15) is 0 Å². The van der Waals surface area contributed by atoms with Crippen LogP contribution in [0.1, 0.15) is 24.9 Å². The number of aromatic nitrogens is 1. The molecule has 0 radical (unpaired) electrons. The van der Waals surface area contributed by atoms with E-state index in [0.717, 1.165) is 12.0 Å². The van der Waals surface area contributed by atoms with Crippen LogP contribution in [0.5, 0.6) is 0 Å². The summed E-state index contributed by atoms with van der Waals surface area (Å²) in [5.41, 5.74) is 1.07. The monoisotopic (exact) mass is 189 g/mol. The van der Waals surface area contributed by atoms with E-state index in [9.17, 15) is 0 Å². The van der Waals surface area contributed by atoms with Crippen LogP contribution in [0.3, 0.4) is 0 Å². The third kappa shape index (κ3) is 2.30. The molecule has 1 rings (SSSR count). The quantitative estimate of drug-likeness (QED) is 0.786. The van der Waals surface area contributed by atoms with Gasteiger partial charge in [-0.15, -0.1) is 0 Å². The minimum atomic E-state index is 0.00389. The van der Waals surface area contributed by atoms with E-state index in [1.807, 2.05) is 26.1 Å². The average Bonchev–Trinajstić information content (AvgIpc) is 2.27. The van der Waals surface area contributed by atoms with E-state index in [-0.39, 0.29) is 12.0 Å². The number of nitrogens with zero attached hydrogens (tertiary/aromatic N) is 2. The first kappa shape index (κ1) is 10.7. The van der Waals surface area contributed by atoms with Crippen LogP contribution in [0.15, 0.2) is 24.5 Å². The normalized spacial score (nSPS) is 14.4. The number of rotatable bonds is 4. The summed E-state index contributed by atoms with van der Waals surface area (Å²) in [4.78, 5) is 4.06. The summed E-state index contributed by atoms with van der Waals surface area (Å²) in [6, 6.07) is 6.28. The Kier molecular flexibility index (Phi) is 4.09. The molecule has 74 valence electrons. The molecule has 1 heterocycles. The van der Waals surface area contributed by atoms with Crippen molar-refractivity contribution in [1.82, 2.24) is 10.3 Å². The molecule has 1 N–H and O–H groups in total. The molecule has 0 aliphatic rings. The van der Waals surface area contributed by atoms with Crippen LogP contribution in [0.4, 0.5) is 0 Å². The molecular weight excluding hydrogens is 174 g/mol. The van der Waals surface area contributed by atoms with Crippen LogP contribution in [-0.2, 0) is 0 Å². The zero-order chi connectivity index (χ0) is 10.4. The lowest BCUT2D eigenvalue weighted by atomic mass is 9.93. The number of nitriles is 1. The minimum absolute atomic E-state index is 0.00389. The van der Waals surface area contributed by atoms with Crippen molar-refractivity contribution < 1.29 is 0 Å². The Bertz CT molecular complexity index is 302. The summed E-state index contributed by atoms with van der Waals surface area (Å²) in [5.74, 6) is 0.00389. The van der Waals surface area contributed by atoms with Gasteiger partial charge in [-0.05, 0) is 25.1 Å². The molecule has 1 aromatic rings. The Morgan fingerprint density at radius 2 is 2.43 bits per heavy atom. The maximum Gasteiger partial charge on any atom is 0.0675 e. The van der Waals surface area contributed by atoms with Crippen LogP contribution in [0, 0.1) is 17.2 Å². The van der Waals surface area contributed by atoms with Gasteiger partial charge in [0.05, 0.1) is 12.0 Å². The Labute approximate surface area is 84.8 Å². The van der Waals surface area contributed by atoms with Gasteiger partial charge in [-0.3, -0.25) is 4.98 Å². The fourth-order valence-electron chi connectivity index (χ4n) is 1.56. The third-order valence-corrected chi connectivity index (χ3v) is 2.36. The van der Waals surface area contributed by atoms with Gasteiger partial charge in [0.25, 0.3) is 0 Å². The molecule has 0 bridgehead atoms. The van der Waals surface area contributed by atoms with Gasteiger partial charge in [-0.1, -0.05) is 13.0 Å². The first-order chi connectivity index (χ1) is 6.83. The fourth-order valence-corrected chi connectivity index (χ4v) is 1.56. The highest BCUT2D eigenvalue weighted by Crippen LogP contribution is 2.22. The Morgan fingerprint density at radius 1 is 1.64 bits per heavy atom. The van der Waals surface area contributed by atoms with Gasteiger partial charge in [-0.2, -0.15) is 5.26 Å². The summed E-state index contributed by atoms with van der Waals surface area (Å²) in [5, 5.41) is 12.1. The molecule has 0 saturated carbocycles. The van der Waals surface area contributed by atoms with E-state index in [0.29, 0.717) is 0 Å². The van der Waals surface area contributed by atoms with Crippen molar-refractivity contribution in [3.05, 3.63) is 30.1 Å². The van der Waals surface area contributed by atoms with Gasteiger partial charge in [-0.25, -0.2) is 0 Å². The van der Waals surface area contributed by atoms with E-state index in [1.54, 1.807) is 12.4 Å². The molecule has 0 aliphatic carbocycles. The van der Waals surface area contributed by atoms with Gasteiger partial charge < -0.3 is 5.32 Å². The molecule has 3 heteroatoms. The number of nitrogens with one attached hydrogen (secondary N) is 1. The predicted octanol–water partition coefficient (Wildman–Crippen LogP) is 1.89. The molecule has 0 aromatic carbocycles. The second-order valence-corrected chi connectivity index (χ2v) is 3.20. The van der Waals surface area contributed by atoms with Gasteiger partial charge in [0.2, 0.25) is 0 Å². The van der Waals surface area contributed by atoms with Crippen molar-refractivity contribution in [3.8, 4) is 6.07 Å². The number of hydrogen-bond acceptors (Lipinski definition) is 3. The Hall–Kier alpha value is -1.40. The molecule has 2 atom stereocenters. The first-order valence-electron chi connectivity index (χ1n) is 4.80. The van der Waals surface area contributed by atoms with E-state index in [4.69, 9.17) is 5.26 Å². The van der Waals surface area contributed by atoms with Crippen molar-refractivity contribution in [2.75, 3.05) is 7.05 Å². The maximum atomic E-state index is 8.98. The van der Waals surface area contributed by atoms with Gasteiger partial charge >= 0.3 is 0 Å². The average molecular weight is 189 g/mol. The molecule has 0 spiro atoms. The standard InChI is InChI=1S/C11H15N3/c1-3-9(7-12)11(13-2)10-5-4-6-14-8-10/h4-6,8-9,11,13H,3H2,1-2H3. The molecule has 0 amide bonds. The van der Waals surface area contributed by atoms with E-state index < -0.39 is 0 Å². The van der Waals surface area contributed by atoms with Crippen LogP contribution < -0.4 is 5.32 Å². The summed E-state index contributed by atoms with van der Waals surface area (Å²) in [6.07, 6.45) is 4.39. The largest absolute Gasteiger partial charge is 0.312 e. The van der Waals surface area contributed by atoms with Crippen molar-refractivity contribution in [2.24, 2.45) is 5.92 Å². The first-order valence-corrected chi connectivity index (χ1v) is 4.80. The molecule has 14 heavy (non-hydrogen) atoms. The lowest BCUT2D eigenvalue weighted by molar-refractivity contribution is 0.448. The highest BCUT2D eigenvalue weighted by Gasteiger charge is 2.19. The molecule has 0 aliphatic heterocycles. The topological polar surface area (TPSA) is 48.7 Å². The lowest BCUT2D eigenvalue weighted by Gasteiger charge is -2.20. The van der Waals surface area contributed by atoms with Crippen molar-refractivity contribution in [1.29, 1.82) is 5.26 Å². The minimum Gasteiger partial charge on any atom is -0.312 e. The molecule has 3 nitrogen and oxygen atoms in total. The Balaban J connectivity index is 2.88. The maximum absolute atomic E-state index is 8.98. The zero-order valence-corrected chi connectivity index (χ0v) is 8.57. The zero-order valence-electron chi connectivity index (χ0n) is 8.57. The van der Waals surface area contributed by atoms with Crippen LogP contribution in [0.25, 0.3) is 0 Å². The Morgan fingerprint density at radius 3 is 2.86 bits per heavy atom. The second kappa shape index (κ2) is 5.36. The molecule has 0 saturated heterocycles. The summed E-state index contributed by atoms with van der Waals surface area (Å²) in [7, 11) is 1.87. The van der Waals surface area contributed by atoms with E-state index in [2.05, 4.69) is 16.4 Å². The molecule has 1 aromatic heterocycles. The van der Waals surface area contributed by atoms with Crippen molar-refractivity contribution in [3.63, 3.8) is 0 Å². The van der Waals surface area contributed by atoms with Crippen LogP contribution in [-0.4, -0.2) is 12.0 Å². The SMILES string of the molecule is CCC(C#N)C(NC)c1cccnc1.